The maximum absolute atomic E-state index is 12.2. The Labute approximate surface area is 160 Å². The van der Waals surface area contributed by atoms with E-state index in [-0.39, 0.29) is 6.61 Å². The van der Waals surface area contributed by atoms with Gasteiger partial charge in [-0.1, -0.05) is 23.7 Å². The molecule has 0 aliphatic carbocycles. The summed E-state index contributed by atoms with van der Waals surface area (Å²) in [5, 5.41) is 4.58. The Hall–Kier alpha value is -3.25. The molecule has 1 aliphatic rings. The summed E-state index contributed by atoms with van der Waals surface area (Å²) in [5.41, 5.74) is 3.33. The van der Waals surface area contributed by atoms with Gasteiger partial charge in [-0.2, -0.15) is 5.10 Å². The normalized spacial score (nSPS) is 15.7. The van der Waals surface area contributed by atoms with Crippen molar-refractivity contribution in [2.75, 3.05) is 6.61 Å². The van der Waals surface area contributed by atoms with Crippen molar-refractivity contribution in [1.29, 1.82) is 0 Å². The second-order valence-corrected chi connectivity index (χ2v) is 6.24. The van der Waals surface area contributed by atoms with Gasteiger partial charge in [0.2, 0.25) is 6.10 Å². The molecule has 0 radical (unpaired) electrons. The van der Waals surface area contributed by atoms with Crippen LogP contribution in [0, 0.1) is 0 Å². The van der Waals surface area contributed by atoms with Crippen LogP contribution in [0.1, 0.15) is 5.76 Å². The number of ether oxygens (including phenoxy) is 2. The van der Waals surface area contributed by atoms with Gasteiger partial charge in [-0.05, 0) is 48.5 Å². The van der Waals surface area contributed by atoms with Gasteiger partial charge in [0.15, 0.2) is 11.5 Å². The molecule has 1 N–H and O–H groups in total. The number of hydrogen-bond acceptors (Lipinski definition) is 5. The topological polar surface area (TPSA) is 73.1 Å². The van der Waals surface area contributed by atoms with Crippen LogP contribution in [-0.4, -0.2) is 24.8 Å². The standard InChI is InChI=1S/C20H15ClN2O4/c21-14-7-5-13(6-8-14)16-10-9-15(26-16)11-22-23-20(24)19-12-25-17-3-1-2-4-18(17)27-19/h1-11,19H,12H2,(H,23,24)/b22-11+. The van der Waals surface area contributed by atoms with Gasteiger partial charge in [0, 0.05) is 10.6 Å². The van der Waals surface area contributed by atoms with Gasteiger partial charge in [0.25, 0.3) is 5.91 Å². The number of carbonyl (C=O) groups excluding carboxylic acids is 1. The van der Waals surface area contributed by atoms with Crippen molar-refractivity contribution < 1.29 is 18.7 Å². The smallest absolute Gasteiger partial charge is 0.284 e. The van der Waals surface area contributed by atoms with Crippen LogP contribution in [0.3, 0.4) is 0 Å². The van der Waals surface area contributed by atoms with Gasteiger partial charge in [0.05, 0.1) is 6.21 Å². The summed E-state index contributed by atoms with van der Waals surface area (Å²) in [7, 11) is 0. The molecule has 1 amide bonds. The van der Waals surface area contributed by atoms with Gasteiger partial charge >= 0.3 is 0 Å². The summed E-state index contributed by atoms with van der Waals surface area (Å²) in [4.78, 5) is 12.2. The number of halogens is 1. The molecule has 1 aliphatic heterocycles. The molecule has 0 spiro atoms. The van der Waals surface area contributed by atoms with Crippen LogP contribution in [0.25, 0.3) is 11.3 Å². The summed E-state index contributed by atoms with van der Waals surface area (Å²) in [6, 6.07) is 18.1. The highest BCUT2D eigenvalue weighted by Gasteiger charge is 2.26. The fourth-order valence-electron chi connectivity index (χ4n) is 2.57. The molecule has 4 rings (SSSR count). The van der Waals surface area contributed by atoms with E-state index in [1.165, 1.54) is 6.21 Å². The molecule has 27 heavy (non-hydrogen) atoms. The minimum atomic E-state index is -0.765. The number of fused-ring (bicyclic) bond motifs is 1. The molecular weight excluding hydrogens is 368 g/mol. The molecule has 0 fully saturated rings. The van der Waals surface area contributed by atoms with Gasteiger partial charge in [-0.3, -0.25) is 4.79 Å². The van der Waals surface area contributed by atoms with E-state index in [0.29, 0.717) is 28.0 Å². The van der Waals surface area contributed by atoms with Crippen molar-refractivity contribution in [2.24, 2.45) is 5.10 Å². The van der Waals surface area contributed by atoms with E-state index in [4.69, 9.17) is 25.5 Å². The zero-order chi connectivity index (χ0) is 18.6. The number of rotatable bonds is 4. The van der Waals surface area contributed by atoms with Gasteiger partial charge < -0.3 is 13.9 Å². The average Bonchev–Trinajstić information content (AvgIpc) is 3.17. The number of hydrazone groups is 1. The number of nitrogens with zero attached hydrogens (tertiary/aromatic N) is 1. The predicted octanol–water partition coefficient (Wildman–Crippen LogP) is 3.89. The first-order chi connectivity index (χ1) is 13.2. The Bertz CT molecular complexity index is 982. The van der Waals surface area contributed by atoms with E-state index >= 15 is 0 Å². The lowest BCUT2D eigenvalue weighted by Crippen LogP contribution is -2.42. The molecule has 1 atom stereocenters. The summed E-state index contributed by atoms with van der Waals surface area (Å²) < 4.78 is 16.8. The number of benzene rings is 2. The number of furan rings is 1. The Kier molecular flexibility index (Phi) is 4.80. The van der Waals surface area contributed by atoms with E-state index in [2.05, 4.69) is 10.5 Å². The number of carbonyl (C=O) groups is 1. The van der Waals surface area contributed by atoms with Gasteiger partial charge in [0.1, 0.15) is 18.1 Å². The van der Waals surface area contributed by atoms with Crippen molar-refractivity contribution in [1.82, 2.24) is 5.43 Å². The highest BCUT2D eigenvalue weighted by Crippen LogP contribution is 2.30. The molecule has 136 valence electrons. The Morgan fingerprint density at radius 3 is 2.67 bits per heavy atom. The van der Waals surface area contributed by atoms with E-state index in [0.717, 1.165) is 5.56 Å². The zero-order valence-corrected chi connectivity index (χ0v) is 14.8. The van der Waals surface area contributed by atoms with Crippen LogP contribution >= 0.6 is 11.6 Å². The minimum Gasteiger partial charge on any atom is -0.485 e. The Morgan fingerprint density at radius 1 is 1.07 bits per heavy atom. The number of hydrogen-bond donors (Lipinski definition) is 1. The zero-order valence-electron chi connectivity index (χ0n) is 14.1. The maximum Gasteiger partial charge on any atom is 0.284 e. The van der Waals surface area contributed by atoms with Crippen molar-refractivity contribution in [2.45, 2.75) is 6.10 Å². The summed E-state index contributed by atoms with van der Waals surface area (Å²) in [6.07, 6.45) is 0.660. The SMILES string of the molecule is O=C(N/N=C/c1ccc(-c2ccc(Cl)cc2)o1)C1COc2ccccc2O1. The lowest BCUT2D eigenvalue weighted by Gasteiger charge is -2.24. The fourth-order valence-corrected chi connectivity index (χ4v) is 2.70. The first kappa shape index (κ1) is 17.2. The van der Waals surface area contributed by atoms with Crippen LogP contribution in [0.2, 0.25) is 5.02 Å². The first-order valence-electron chi connectivity index (χ1n) is 8.26. The minimum absolute atomic E-state index is 0.125. The van der Waals surface area contributed by atoms with E-state index in [1.807, 2.05) is 30.3 Å². The quantitative estimate of drug-likeness (QED) is 0.548. The third-order valence-corrected chi connectivity index (χ3v) is 4.18. The predicted molar refractivity (Wildman–Crippen MR) is 101 cm³/mol. The Morgan fingerprint density at radius 2 is 1.85 bits per heavy atom. The molecular formula is C20H15ClN2O4. The number of nitrogens with one attached hydrogen (secondary N) is 1. The Balaban J connectivity index is 1.36. The van der Waals surface area contributed by atoms with Crippen molar-refractivity contribution in [3.05, 3.63) is 71.4 Å². The van der Waals surface area contributed by atoms with Crippen molar-refractivity contribution in [3.8, 4) is 22.8 Å². The monoisotopic (exact) mass is 382 g/mol. The maximum atomic E-state index is 12.2. The molecule has 0 saturated heterocycles. The summed E-state index contributed by atoms with van der Waals surface area (Å²) >= 11 is 5.88. The van der Waals surface area contributed by atoms with E-state index in [9.17, 15) is 4.79 Å². The molecule has 1 unspecified atom stereocenters. The molecule has 1 aromatic heterocycles. The molecule has 0 bridgehead atoms. The van der Waals surface area contributed by atoms with Crippen molar-refractivity contribution in [3.63, 3.8) is 0 Å². The summed E-state index contributed by atoms with van der Waals surface area (Å²) in [6.45, 7) is 0.125. The molecule has 2 aromatic carbocycles. The molecule has 0 saturated carbocycles. The van der Waals surface area contributed by atoms with Crippen molar-refractivity contribution >= 4 is 23.7 Å². The molecule has 7 heteroatoms. The lowest BCUT2D eigenvalue weighted by atomic mass is 10.2. The number of amides is 1. The number of para-hydroxylation sites is 2. The highest BCUT2D eigenvalue weighted by molar-refractivity contribution is 6.30. The molecule has 3 aromatic rings. The van der Waals surface area contributed by atoms with Crippen LogP contribution in [0.5, 0.6) is 11.5 Å². The van der Waals surface area contributed by atoms with Gasteiger partial charge in [-0.15, -0.1) is 0 Å². The highest BCUT2D eigenvalue weighted by atomic mass is 35.5. The average molecular weight is 383 g/mol. The third-order valence-electron chi connectivity index (χ3n) is 3.92. The van der Waals surface area contributed by atoms with Crippen LogP contribution in [-0.2, 0) is 4.79 Å². The molecule has 6 nitrogen and oxygen atoms in total. The second kappa shape index (κ2) is 7.55. The third kappa shape index (κ3) is 3.96. The fraction of sp³-hybridized carbons (Fsp3) is 0.100. The first-order valence-corrected chi connectivity index (χ1v) is 8.64. The summed E-state index contributed by atoms with van der Waals surface area (Å²) in [5.74, 6) is 1.94. The van der Waals surface area contributed by atoms with Crippen LogP contribution < -0.4 is 14.9 Å². The van der Waals surface area contributed by atoms with Crippen LogP contribution in [0.4, 0.5) is 0 Å². The van der Waals surface area contributed by atoms with Crippen LogP contribution in [0.15, 0.2) is 70.2 Å². The van der Waals surface area contributed by atoms with Gasteiger partial charge in [-0.25, -0.2) is 5.43 Å². The lowest BCUT2D eigenvalue weighted by molar-refractivity contribution is -0.130. The second-order valence-electron chi connectivity index (χ2n) is 5.81. The largest absolute Gasteiger partial charge is 0.485 e. The van der Waals surface area contributed by atoms with E-state index < -0.39 is 12.0 Å². The molecule has 2 heterocycles. The van der Waals surface area contributed by atoms with E-state index in [1.54, 1.807) is 30.3 Å².